The van der Waals surface area contributed by atoms with Crippen molar-refractivity contribution < 1.29 is 27.8 Å². The van der Waals surface area contributed by atoms with E-state index in [2.05, 4.69) is 4.74 Å². The zero-order valence-corrected chi connectivity index (χ0v) is 8.54. The second kappa shape index (κ2) is 5.92. The van der Waals surface area contributed by atoms with Crippen LogP contribution in [-0.4, -0.2) is 55.5 Å². The van der Waals surface area contributed by atoms with E-state index >= 15 is 0 Å². The van der Waals surface area contributed by atoms with Gasteiger partial charge in [0.25, 0.3) is 0 Å². The molecule has 90 valence electrons. The van der Waals surface area contributed by atoms with Crippen LogP contribution in [0.4, 0.5) is 13.2 Å². The van der Waals surface area contributed by atoms with Crippen molar-refractivity contribution in [3.8, 4) is 0 Å². The van der Waals surface area contributed by atoms with Crippen molar-refractivity contribution in [1.82, 2.24) is 4.90 Å². The highest BCUT2D eigenvalue weighted by molar-refractivity contribution is 5.73. The summed E-state index contributed by atoms with van der Waals surface area (Å²) in [6, 6.07) is -1.04. The normalized spacial score (nSPS) is 14.3. The van der Waals surface area contributed by atoms with Gasteiger partial charge in [-0.25, -0.2) is 0 Å². The molecule has 0 aliphatic heterocycles. The van der Waals surface area contributed by atoms with Gasteiger partial charge in [-0.3, -0.25) is 9.69 Å². The van der Waals surface area contributed by atoms with Crippen molar-refractivity contribution >= 4 is 5.97 Å². The molecule has 0 rings (SSSR count). The van der Waals surface area contributed by atoms with E-state index in [4.69, 9.17) is 5.11 Å². The number of methoxy groups -OCH3 is 1. The molecular formula is C8H14F3NO3. The van der Waals surface area contributed by atoms with Crippen molar-refractivity contribution in [2.24, 2.45) is 0 Å². The SMILES string of the molecule is COCC(C(=O)O)N(C)CCC(F)(F)F. The second-order valence-corrected chi connectivity index (χ2v) is 3.16. The number of alkyl halides is 3. The Balaban J connectivity index is 4.14. The molecule has 0 aromatic heterocycles. The minimum atomic E-state index is -4.27. The Morgan fingerprint density at radius 1 is 1.53 bits per heavy atom. The molecule has 0 heterocycles. The Hall–Kier alpha value is -0.820. The molecule has 0 aromatic rings. The number of carboxylic acid groups (broad SMARTS) is 1. The predicted molar refractivity (Wildman–Crippen MR) is 46.6 cm³/mol. The van der Waals surface area contributed by atoms with Gasteiger partial charge in [0, 0.05) is 13.7 Å². The van der Waals surface area contributed by atoms with Crippen LogP contribution in [0.25, 0.3) is 0 Å². The van der Waals surface area contributed by atoms with E-state index in [0.717, 1.165) is 4.90 Å². The number of hydrogen-bond acceptors (Lipinski definition) is 3. The first kappa shape index (κ1) is 14.2. The average Bonchev–Trinajstić information content (AvgIpc) is 2.08. The van der Waals surface area contributed by atoms with Crippen molar-refractivity contribution in [3.05, 3.63) is 0 Å². The van der Waals surface area contributed by atoms with Crippen LogP contribution in [0, 0.1) is 0 Å². The molecule has 1 N–H and O–H groups in total. The second-order valence-electron chi connectivity index (χ2n) is 3.16. The Morgan fingerprint density at radius 3 is 2.40 bits per heavy atom. The molecule has 4 nitrogen and oxygen atoms in total. The van der Waals surface area contributed by atoms with Crippen LogP contribution in [-0.2, 0) is 9.53 Å². The number of ether oxygens (including phenoxy) is 1. The molecule has 0 aliphatic carbocycles. The minimum Gasteiger partial charge on any atom is -0.480 e. The van der Waals surface area contributed by atoms with Crippen LogP contribution >= 0.6 is 0 Å². The van der Waals surface area contributed by atoms with Gasteiger partial charge in [-0.15, -0.1) is 0 Å². The monoisotopic (exact) mass is 229 g/mol. The number of nitrogens with zero attached hydrogens (tertiary/aromatic N) is 1. The maximum Gasteiger partial charge on any atom is 0.390 e. The van der Waals surface area contributed by atoms with Gasteiger partial charge in [-0.2, -0.15) is 13.2 Å². The number of aliphatic carboxylic acids is 1. The van der Waals surface area contributed by atoms with Crippen molar-refractivity contribution in [2.75, 3.05) is 27.3 Å². The van der Waals surface area contributed by atoms with Gasteiger partial charge < -0.3 is 9.84 Å². The van der Waals surface area contributed by atoms with Crippen LogP contribution in [0.2, 0.25) is 0 Å². The molecule has 0 saturated heterocycles. The fourth-order valence-electron chi connectivity index (χ4n) is 1.00. The first-order valence-corrected chi connectivity index (χ1v) is 4.26. The first-order valence-electron chi connectivity index (χ1n) is 4.26. The lowest BCUT2D eigenvalue weighted by atomic mass is 10.2. The van der Waals surface area contributed by atoms with E-state index in [1.165, 1.54) is 14.2 Å². The van der Waals surface area contributed by atoms with Crippen molar-refractivity contribution in [2.45, 2.75) is 18.6 Å². The maximum atomic E-state index is 11.9. The van der Waals surface area contributed by atoms with E-state index in [0.29, 0.717) is 0 Å². The van der Waals surface area contributed by atoms with Gasteiger partial charge >= 0.3 is 12.1 Å². The zero-order chi connectivity index (χ0) is 12.1. The largest absolute Gasteiger partial charge is 0.480 e. The van der Waals surface area contributed by atoms with E-state index in [-0.39, 0.29) is 13.2 Å². The summed E-state index contributed by atoms with van der Waals surface area (Å²) in [6.45, 7) is -0.493. The third-order valence-corrected chi connectivity index (χ3v) is 1.89. The Kier molecular flexibility index (Phi) is 5.59. The average molecular weight is 229 g/mol. The summed E-state index contributed by atoms with van der Waals surface area (Å²) in [5, 5.41) is 8.70. The van der Waals surface area contributed by atoms with E-state index in [1.807, 2.05) is 0 Å². The van der Waals surface area contributed by atoms with E-state index in [9.17, 15) is 18.0 Å². The first-order chi connectivity index (χ1) is 6.78. The summed E-state index contributed by atoms with van der Waals surface area (Å²) in [4.78, 5) is 11.8. The molecule has 7 heteroatoms. The fraction of sp³-hybridized carbons (Fsp3) is 0.875. The van der Waals surface area contributed by atoms with Gasteiger partial charge in [0.2, 0.25) is 0 Å². The van der Waals surface area contributed by atoms with Gasteiger partial charge in [0.1, 0.15) is 6.04 Å². The summed E-state index contributed by atoms with van der Waals surface area (Å²) in [5.74, 6) is -1.19. The lowest BCUT2D eigenvalue weighted by Crippen LogP contribution is -2.43. The molecule has 1 unspecified atom stereocenters. The number of hydrogen-bond donors (Lipinski definition) is 1. The number of carbonyl (C=O) groups is 1. The molecule has 1 atom stereocenters. The van der Waals surface area contributed by atoms with E-state index in [1.54, 1.807) is 0 Å². The quantitative estimate of drug-likeness (QED) is 0.737. The smallest absolute Gasteiger partial charge is 0.390 e. The summed E-state index contributed by atoms with van der Waals surface area (Å²) >= 11 is 0. The molecule has 0 bridgehead atoms. The molecule has 0 aliphatic rings. The summed E-state index contributed by atoms with van der Waals surface area (Å²) in [5.41, 5.74) is 0. The molecule has 0 amide bonds. The van der Waals surface area contributed by atoms with Gasteiger partial charge in [-0.1, -0.05) is 0 Å². The highest BCUT2D eigenvalue weighted by Crippen LogP contribution is 2.19. The number of rotatable bonds is 6. The van der Waals surface area contributed by atoms with Crippen LogP contribution < -0.4 is 0 Å². The predicted octanol–water partition coefficient (Wildman–Crippen LogP) is 0.970. The standard InChI is InChI=1S/C8H14F3NO3/c1-12(4-3-8(9,10)11)6(5-15-2)7(13)14/h6H,3-5H2,1-2H3,(H,13,14). The third kappa shape index (κ3) is 6.29. The van der Waals surface area contributed by atoms with Crippen LogP contribution in [0.15, 0.2) is 0 Å². The zero-order valence-electron chi connectivity index (χ0n) is 8.54. The summed E-state index contributed by atoms with van der Waals surface area (Å²) < 4.78 is 40.2. The summed E-state index contributed by atoms with van der Waals surface area (Å²) in [7, 11) is 2.62. The topological polar surface area (TPSA) is 49.8 Å². The number of carboxylic acids is 1. The fourth-order valence-corrected chi connectivity index (χ4v) is 1.00. The Bertz CT molecular complexity index is 208. The van der Waals surface area contributed by atoms with Crippen LogP contribution in [0.3, 0.4) is 0 Å². The van der Waals surface area contributed by atoms with Gasteiger partial charge in [0.05, 0.1) is 13.0 Å². The van der Waals surface area contributed by atoms with Crippen LogP contribution in [0.1, 0.15) is 6.42 Å². The van der Waals surface area contributed by atoms with Crippen molar-refractivity contribution in [3.63, 3.8) is 0 Å². The lowest BCUT2D eigenvalue weighted by Gasteiger charge is -2.24. The molecule has 0 radical (unpaired) electrons. The third-order valence-electron chi connectivity index (χ3n) is 1.89. The molecule has 0 saturated carbocycles. The Labute approximate surface area is 85.6 Å². The molecule has 0 aromatic carbocycles. The molecular weight excluding hydrogens is 215 g/mol. The highest BCUT2D eigenvalue weighted by Gasteiger charge is 2.30. The van der Waals surface area contributed by atoms with Crippen molar-refractivity contribution in [1.29, 1.82) is 0 Å². The molecule has 0 fully saturated rings. The number of likely N-dealkylation sites (N-methyl/N-ethyl adjacent to an activating group) is 1. The molecule has 0 spiro atoms. The highest BCUT2D eigenvalue weighted by atomic mass is 19.4. The minimum absolute atomic E-state index is 0.135. The van der Waals surface area contributed by atoms with Crippen LogP contribution in [0.5, 0.6) is 0 Å². The maximum absolute atomic E-state index is 11.9. The Morgan fingerprint density at radius 2 is 2.07 bits per heavy atom. The lowest BCUT2D eigenvalue weighted by molar-refractivity contribution is -0.151. The molecule has 15 heavy (non-hydrogen) atoms. The van der Waals surface area contributed by atoms with Gasteiger partial charge in [0.15, 0.2) is 0 Å². The van der Waals surface area contributed by atoms with E-state index < -0.39 is 24.6 Å². The number of halogens is 3. The summed E-state index contributed by atoms with van der Waals surface area (Å²) in [6.07, 6.45) is -5.30. The van der Waals surface area contributed by atoms with Gasteiger partial charge in [-0.05, 0) is 7.05 Å².